The lowest BCUT2D eigenvalue weighted by Gasteiger charge is -2.26. The minimum atomic E-state index is -4.36. The van der Waals surface area contributed by atoms with Gasteiger partial charge in [0, 0.05) is 12.1 Å². The van der Waals surface area contributed by atoms with Gasteiger partial charge in [-0.3, -0.25) is 0 Å². The third-order valence-electron chi connectivity index (χ3n) is 2.86. The number of hydrogen-bond donors (Lipinski definition) is 1. The van der Waals surface area contributed by atoms with E-state index < -0.39 is 11.7 Å². The lowest BCUT2D eigenvalue weighted by Crippen LogP contribution is -2.34. The number of rotatable bonds is 2. The second kappa shape index (κ2) is 6.45. The molecule has 1 aliphatic heterocycles. The van der Waals surface area contributed by atoms with E-state index in [1.165, 1.54) is 13.2 Å². The van der Waals surface area contributed by atoms with Gasteiger partial charge < -0.3 is 14.8 Å². The SMILES string of the molecule is COc1cc(C(F)(F)F)ccc1C1COCCN1.Cl. The first-order valence-electron chi connectivity index (χ1n) is 5.58. The number of halogens is 4. The maximum Gasteiger partial charge on any atom is 0.416 e. The minimum absolute atomic E-state index is 0. The van der Waals surface area contributed by atoms with Crippen molar-refractivity contribution in [2.45, 2.75) is 12.2 Å². The highest BCUT2D eigenvalue weighted by atomic mass is 35.5. The molecule has 1 unspecified atom stereocenters. The molecular weight excluding hydrogens is 283 g/mol. The summed E-state index contributed by atoms with van der Waals surface area (Å²) < 4.78 is 48.1. The zero-order valence-corrected chi connectivity index (χ0v) is 11.1. The molecule has 108 valence electrons. The molecule has 19 heavy (non-hydrogen) atoms. The van der Waals surface area contributed by atoms with Gasteiger partial charge in [-0.25, -0.2) is 0 Å². The van der Waals surface area contributed by atoms with Gasteiger partial charge >= 0.3 is 6.18 Å². The predicted molar refractivity (Wildman–Crippen MR) is 66.8 cm³/mol. The van der Waals surface area contributed by atoms with E-state index in [0.717, 1.165) is 12.1 Å². The van der Waals surface area contributed by atoms with E-state index >= 15 is 0 Å². The van der Waals surface area contributed by atoms with Crippen LogP contribution in [0.2, 0.25) is 0 Å². The van der Waals surface area contributed by atoms with Gasteiger partial charge in [0.05, 0.1) is 31.9 Å². The summed E-state index contributed by atoms with van der Waals surface area (Å²) in [4.78, 5) is 0. The van der Waals surface area contributed by atoms with Crippen LogP contribution in [0.5, 0.6) is 5.75 Å². The molecule has 7 heteroatoms. The predicted octanol–water partition coefficient (Wildman–Crippen LogP) is 2.80. The maximum atomic E-state index is 12.6. The zero-order valence-electron chi connectivity index (χ0n) is 10.3. The van der Waals surface area contributed by atoms with Gasteiger partial charge in [-0.2, -0.15) is 13.2 Å². The highest BCUT2D eigenvalue weighted by Gasteiger charge is 2.32. The third-order valence-corrected chi connectivity index (χ3v) is 2.86. The van der Waals surface area contributed by atoms with E-state index in [4.69, 9.17) is 9.47 Å². The summed E-state index contributed by atoms with van der Waals surface area (Å²) in [5.74, 6) is 0.229. The summed E-state index contributed by atoms with van der Waals surface area (Å²) in [5, 5.41) is 3.18. The number of morpholine rings is 1. The molecule has 0 spiro atoms. The van der Waals surface area contributed by atoms with Crippen LogP contribution in [-0.2, 0) is 10.9 Å². The first-order chi connectivity index (χ1) is 8.52. The van der Waals surface area contributed by atoms with Crippen LogP contribution in [-0.4, -0.2) is 26.9 Å². The highest BCUT2D eigenvalue weighted by molar-refractivity contribution is 5.85. The van der Waals surface area contributed by atoms with Gasteiger partial charge in [0.15, 0.2) is 0 Å². The normalized spacial score (nSPS) is 19.7. The van der Waals surface area contributed by atoms with Gasteiger partial charge in [-0.05, 0) is 12.1 Å². The Bertz CT molecular complexity index is 420. The van der Waals surface area contributed by atoms with Crippen molar-refractivity contribution in [2.75, 3.05) is 26.9 Å². The van der Waals surface area contributed by atoms with Gasteiger partial charge in [0.25, 0.3) is 0 Å². The van der Waals surface area contributed by atoms with E-state index in [2.05, 4.69) is 5.32 Å². The largest absolute Gasteiger partial charge is 0.496 e. The van der Waals surface area contributed by atoms with E-state index in [1.54, 1.807) is 0 Å². The van der Waals surface area contributed by atoms with E-state index in [-0.39, 0.29) is 24.2 Å². The maximum absolute atomic E-state index is 12.6. The fourth-order valence-corrected chi connectivity index (χ4v) is 1.94. The second-order valence-corrected chi connectivity index (χ2v) is 4.04. The summed E-state index contributed by atoms with van der Waals surface area (Å²) in [7, 11) is 1.36. The van der Waals surface area contributed by atoms with Crippen molar-refractivity contribution in [1.29, 1.82) is 0 Å². The molecule has 1 atom stereocenters. The summed E-state index contributed by atoms with van der Waals surface area (Å²) in [6, 6.07) is 3.39. The van der Waals surface area contributed by atoms with E-state index in [1.807, 2.05) is 0 Å². The molecule has 2 rings (SSSR count). The fourth-order valence-electron chi connectivity index (χ4n) is 1.94. The summed E-state index contributed by atoms with van der Waals surface area (Å²) in [6.45, 7) is 1.72. The molecule has 1 saturated heterocycles. The molecule has 0 bridgehead atoms. The average molecular weight is 298 g/mol. The molecule has 1 aromatic carbocycles. The smallest absolute Gasteiger partial charge is 0.416 e. The molecule has 0 aliphatic carbocycles. The molecule has 0 saturated carbocycles. The molecule has 1 heterocycles. The van der Waals surface area contributed by atoms with Crippen molar-refractivity contribution in [3.63, 3.8) is 0 Å². The van der Waals surface area contributed by atoms with Gasteiger partial charge in [0.2, 0.25) is 0 Å². The van der Waals surface area contributed by atoms with Crippen molar-refractivity contribution in [3.8, 4) is 5.75 Å². The molecule has 1 aliphatic rings. The molecule has 1 N–H and O–H groups in total. The average Bonchev–Trinajstić information content (AvgIpc) is 2.38. The number of benzene rings is 1. The molecule has 3 nitrogen and oxygen atoms in total. The Hall–Kier alpha value is -0.980. The lowest BCUT2D eigenvalue weighted by molar-refractivity contribution is -0.137. The van der Waals surface area contributed by atoms with Gasteiger partial charge in [-0.15, -0.1) is 12.4 Å². The molecule has 1 aromatic rings. The van der Waals surface area contributed by atoms with Crippen LogP contribution < -0.4 is 10.1 Å². The molecule has 0 radical (unpaired) electrons. The fraction of sp³-hybridized carbons (Fsp3) is 0.500. The van der Waals surface area contributed by atoms with Crippen LogP contribution in [0.3, 0.4) is 0 Å². The van der Waals surface area contributed by atoms with Crippen molar-refractivity contribution in [2.24, 2.45) is 0 Å². The second-order valence-electron chi connectivity index (χ2n) is 4.04. The van der Waals surface area contributed by atoms with Crippen LogP contribution in [0.4, 0.5) is 13.2 Å². The Kier molecular flexibility index (Phi) is 5.46. The Labute approximate surface area is 115 Å². The molecule has 0 amide bonds. The quantitative estimate of drug-likeness (QED) is 0.910. The van der Waals surface area contributed by atoms with Crippen molar-refractivity contribution < 1.29 is 22.6 Å². The molecular formula is C12H15ClF3NO2. The van der Waals surface area contributed by atoms with Crippen LogP contribution >= 0.6 is 12.4 Å². The molecule has 1 fully saturated rings. The van der Waals surface area contributed by atoms with Crippen molar-refractivity contribution in [3.05, 3.63) is 29.3 Å². The first-order valence-corrected chi connectivity index (χ1v) is 5.58. The highest BCUT2D eigenvalue weighted by Crippen LogP contribution is 2.35. The van der Waals surface area contributed by atoms with Gasteiger partial charge in [0.1, 0.15) is 5.75 Å². The number of hydrogen-bond acceptors (Lipinski definition) is 3. The summed E-state index contributed by atoms with van der Waals surface area (Å²) in [5.41, 5.74) is -0.0231. The number of ether oxygens (including phenoxy) is 2. The zero-order chi connectivity index (χ0) is 13.2. The lowest BCUT2D eigenvalue weighted by atomic mass is 10.0. The van der Waals surface area contributed by atoms with Crippen molar-refractivity contribution in [1.82, 2.24) is 5.32 Å². The Balaban J connectivity index is 0.00000180. The van der Waals surface area contributed by atoms with Crippen LogP contribution in [0.15, 0.2) is 18.2 Å². The standard InChI is InChI=1S/C12H14F3NO2.ClH/c1-17-11-6-8(12(13,14)15)2-3-9(11)10-7-18-5-4-16-10;/h2-3,6,10,16H,4-5,7H2,1H3;1H. The van der Waals surface area contributed by atoms with Gasteiger partial charge in [-0.1, -0.05) is 6.07 Å². The topological polar surface area (TPSA) is 30.5 Å². The monoisotopic (exact) mass is 297 g/mol. The molecule has 0 aromatic heterocycles. The Morgan fingerprint density at radius 1 is 1.37 bits per heavy atom. The van der Waals surface area contributed by atoms with Crippen LogP contribution in [0.1, 0.15) is 17.2 Å². The van der Waals surface area contributed by atoms with Crippen LogP contribution in [0.25, 0.3) is 0 Å². The van der Waals surface area contributed by atoms with Crippen molar-refractivity contribution >= 4 is 12.4 Å². The minimum Gasteiger partial charge on any atom is -0.496 e. The van der Waals surface area contributed by atoms with E-state index in [9.17, 15) is 13.2 Å². The number of nitrogens with one attached hydrogen (secondary N) is 1. The van der Waals surface area contributed by atoms with E-state index in [0.29, 0.717) is 25.3 Å². The first kappa shape index (κ1) is 16.1. The third kappa shape index (κ3) is 3.75. The Morgan fingerprint density at radius 2 is 2.11 bits per heavy atom. The number of methoxy groups -OCH3 is 1. The van der Waals surface area contributed by atoms with Crippen LogP contribution in [0, 0.1) is 0 Å². The summed E-state index contributed by atoms with van der Waals surface area (Å²) >= 11 is 0. The summed E-state index contributed by atoms with van der Waals surface area (Å²) in [6.07, 6.45) is -4.36. The number of alkyl halides is 3. The Morgan fingerprint density at radius 3 is 2.63 bits per heavy atom.